The molecule has 3 atom stereocenters. The predicted molar refractivity (Wildman–Crippen MR) is 96.2 cm³/mol. The predicted octanol–water partition coefficient (Wildman–Crippen LogP) is 2.07. The summed E-state index contributed by atoms with van der Waals surface area (Å²) in [6, 6.07) is 7.37. The van der Waals surface area contributed by atoms with Crippen molar-refractivity contribution in [2.75, 3.05) is 6.54 Å². The van der Waals surface area contributed by atoms with E-state index in [1.165, 1.54) is 6.42 Å². The number of carbonyl (C=O) groups is 3. The summed E-state index contributed by atoms with van der Waals surface area (Å²) in [6.45, 7) is 1.93. The molecule has 1 aromatic rings. The highest BCUT2D eigenvalue weighted by Crippen LogP contribution is 2.41. The van der Waals surface area contributed by atoms with Crippen molar-refractivity contribution in [3.05, 3.63) is 35.4 Å². The second-order valence-corrected chi connectivity index (χ2v) is 7.82. The fourth-order valence-electron chi connectivity index (χ4n) is 4.66. The van der Waals surface area contributed by atoms with E-state index >= 15 is 0 Å². The maximum Gasteiger partial charge on any atom is 0.325 e. The monoisotopic (exact) mass is 355 g/mol. The Kier molecular flexibility index (Phi) is 4.21. The van der Waals surface area contributed by atoms with Crippen LogP contribution in [0, 0.1) is 5.92 Å². The molecule has 1 aromatic carbocycles. The first kappa shape index (κ1) is 17.1. The standard InChI is InChI=1S/C20H25N3O3/c1-13-6-2-5-9-16(13)21-17(24)12-23-18(25)20(22-19(23)26)11-10-14-7-3-4-8-15(14)20/h3-4,7-8,13,16H,2,5-6,9-12H2,1H3,(H,21,24)(H,22,26)/t13-,16-,20+/m1/s1. The number of rotatable bonds is 3. The van der Waals surface area contributed by atoms with Crippen molar-refractivity contribution >= 4 is 17.8 Å². The van der Waals surface area contributed by atoms with E-state index in [-0.39, 0.29) is 24.4 Å². The van der Waals surface area contributed by atoms with Gasteiger partial charge in [-0.15, -0.1) is 0 Å². The number of hydrogen-bond acceptors (Lipinski definition) is 3. The normalized spacial score (nSPS) is 30.4. The fourth-order valence-corrected chi connectivity index (χ4v) is 4.66. The third-order valence-corrected chi connectivity index (χ3v) is 6.18. The van der Waals surface area contributed by atoms with Crippen LogP contribution in [0.25, 0.3) is 0 Å². The molecule has 3 aliphatic rings. The van der Waals surface area contributed by atoms with E-state index in [4.69, 9.17) is 0 Å². The van der Waals surface area contributed by atoms with E-state index < -0.39 is 11.6 Å². The molecule has 0 bridgehead atoms. The summed E-state index contributed by atoms with van der Waals surface area (Å²) in [6.07, 6.45) is 5.68. The van der Waals surface area contributed by atoms with Gasteiger partial charge >= 0.3 is 6.03 Å². The van der Waals surface area contributed by atoms with Crippen molar-refractivity contribution in [3.8, 4) is 0 Å². The van der Waals surface area contributed by atoms with Gasteiger partial charge in [0, 0.05) is 6.04 Å². The molecule has 0 unspecified atom stereocenters. The minimum absolute atomic E-state index is 0.137. The van der Waals surface area contributed by atoms with Crippen molar-refractivity contribution < 1.29 is 14.4 Å². The Morgan fingerprint density at radius 3 is 2.85 bits per heavy atom. The van der Waals surface area contributed by atoms with Crippen LogP contribution in [0.1, 0.15) is 50.2 Å². The van der Waals surface area contributed by atoms with E-state index in [1.54, 1.807) is 0 Å². The molecular formula is C20H25N3O3. The molecule has 1 saturated heterocycles. The largest absolute Gasteiger partial charge is 0.352 e. The highest BCUT2D eigenvalue weighted by molar-refractivity contribution is 6.09. The summed E-state index contributed by atoms with van der Waals surface area (Å²) < 4.78 is 0. The van der Waals surface area contributed by atoms with Gasteiger partial charge in [0.05, 0.1) is 0 Å². The van der Waals surface area contributed by atoms with E-state index in [2.05, 4.69) is 17.6 Å². The van der Waals surface area contributed by atoms with Crippen molar-refractivity contribution in [3.63, 3.8) is 0 Å². The lowest BCUT2D eigenvalue weighted by Crippen LogP contribution is -2.47. The molecule has 6 nitrogen and oxygen atoms in total. The van der Waals surface area contributed by atoms with Gasteiger partial charge in [-0.25, -0.2) is 4.79 Å². The number of benzene rings is 1. The Morgan fingerprint density at radius 1 is 1.27 bits per heavy atom. The fraction of sp³-hybridized carbons (Fsp3) is 0.550. The van der Waals surface area contributed by atoms with Gasteiger partial charge in [-0.3, -0.25) is 14.5 Å². The molecule has 1 heterocycles. The zero-order valence-corrected chi connectivity index (χ0v) is 15.1. The average Bonchev–Trinajstić information content (AvgIpc) is 3.11. The van der Waals surface area contributed by atoms with Gasteiger partial charge in [0.2, 0.25) is 5.91 Å². The Morgan fingerprint density at radius 2 is 2.04 bits per heavy atom. The third kappa shape index (κ3) is 2.68. The molecule has 0 aromatic heterocycles. The molecule has 1 spiro atoms. The van der Waals surface area contributed by atoms with Crippen LogP contribution in [-0.4, -0.2) is 35.3 Å². The molecule has 6 heteroatoms. The van der Waals surface area contributed by atoms with Crippen LogP contribution in [0.2, 0.25) is 0 Å². The van der Waals surface area contributed by atoms with Gasteiger partial charge < -0.3 is 10.6 Å². The molecule has 0 radical (unpaired) electrons. The van der Waals surface area contributed by atoms with Crippen molar-refractivity contribution in [2.24, 2.45) is 5.92 Å². The Hall–Kier alpha value is -2.37. The highest BCUT2D eigenvalue weighted by atomic mass is 16.2. The summed E-state index contributed by atoms with van der Waals surface area (Å²) >= 11 is 0. The number of amides is 4. The number of hydrogen-bond donors (Lipinski definition) is 2. The van der Waals surface area contributed by atoms with Crippen LogP contribution >= 0.6 is 0 Å². The van der Waals surface area contributed by atoms with Crippen molar-refractivity contribution in [1.29, 1.82) is 0 Å². The van der Waals surface area contributed by atoms with Crippen molar-refractivity contribution in [2.45, 2.75) is 57.0 Å². The second kappa shape index (κ2) is 6.41. The SMILES string of the molecule is C[C@@H]1CCCC[C@H]1NC(=O)CN1C(=O)N[C@]2(CCc3ccccc32)C1=O. The molecule has 26 heavy (non-hydrogen) atoms. The Labute approximate surface area is 153 Å². The minimum Gasteiger partial charge on any atom is -0.352 e. The number of carbonyl (C=O) groups excluding carboxylic acids is 3. The summed E-state index contributed by atoms with van der Waals surface area (Å²) in [4.78, 5) is 39.1. The first-order valence-corrected chi connectivity index (χ1v) is 9.53. The van der Waals surface area contributed by atoms with Gasteiger partial charge in [0.25, 0.3) is 5.91 Å². The lowest BCUT2D eigenvalue weighted by atomic mass is 9.86. The zero-order chi connectivity index (χ0) is 18.3. The van der Waals surface area contributed by atoms with Gasteiger partial charge in [-0.05, 0) is 42.7 Å². The van der Waals surface area contributed by atoms with Gasteiger partial charge in [-0.1, -0.05) is 44.0 Å². The quantitative estimate of drug-likeness (QED) is 0.815. The molecular weight excluding hydrogens is 330 g/mol. The summed E-state index contributed by atoms with van der Waals surface area (Å²) in [5, 5.41) is 5.88. The number of nitrogens with zero attached hydrogens (tertiary/aromatic N) is 1. The molecule has 4 rings (SSSR count). The molecule has 1 saturated carbocycles. The smallest absolute Gasteiger partial charge is 0.325 e. The van der Waals surface area contributed by atoms with Crippen LogP contribution < -0.4 is 10.6 Å². The maximum atomic E-state index is 13.1. The zero-order valence-electron chi connectivity index (χ0n) is 15.1. The first-order chi connectivity index (χ1) is 12.5. The summed E-state index contributed by atoms with van der Waals surface area (Å²) in [7, 11) is 0. The maximum absolute atomic E-state index is 13.1. The average molecular weight is 355 g/mol. The van der Waals surface area contributed by atoms with E-state index in [0.717, 1.165) is 41.7 Å². The molecule has 2 N–H and O–H groups in total. The van der Waals surface area contributed by atoms with E-state index in [1.807, 2.05) is 24.3 Å². The minimum atomic E-state index is -0.994. The number of imide groups is 1. The highest BCUT2D eigenvalue weighted by Gasteiger charge is 2.55. The first-order valence-electron chi connectivity index (χ1n) is 9.53. The Bertz CT molecular complexity index is 762. The molecule has 138 valence electrons. The number of aryl methyl sites for hydroxylation is 1. The summed E-state index contributed by atoms with van der Waals surface area (Å²) in [5.74, 6) is -0.126. The molecule has 2 aliphatic carbocycles. The third-order valence-electron chi connectivity index (χ3n) is 6.18. The Balaban J connectivity index is 1.48. The van der Waals surface area contributed by atoms with Gasteiger partial charge in [0.1, 0.15) is 12.1 Å². The number of fused-ring (bicyclic) bond motifs is 2. The molecule has 1 aliphatic heterocycles. The number of urea groups is 1. The van der Waals surface area contributed by atoms with Crippen LogP contribution in [-0.2, 0) is 21.5 Å². The number of nitrogens with one attached hydrogen (secondary N) is 2. The van der Waals surface area contributed by atoms with Crippen LogP contribution in [0.3, 0.4) is 0 Å². The van der Waals surface area contributed by atoms with Crippen LogP contribution in [0.4, 0.5) is 4.79 Å². The topological polar surface area (TPSA) is 78.5 Å². The van der Waals surface area contributed by atoms with E-state index in [9.17, 15) is 14.4 Å². The van der Waals surface area contributed by atoms with Crippen LogP contribution in [0.5, 0.6) is 0 Å². The lowest BCUT2D eigenvalue weighted by molar-refractivity contribution is -0.135. The van der Waals surface area contributed by atoms with Gasteiger partial charge in [-0.2, -0.15) is 0 Å². The summed E-state index contributed by atoms with van der Waals surface area (Å²) in [5.41, 5.74) is 0.956. The van der Waals surface area contributed by atoms with Crippen LogP contribution in [0.15, 0.2) is 24.3 Å². The van der Waals surface area contributed by atoms with Crippen molar-refractivity contribution in [1.82, 2.24) is 15.5 Å². The molecule has 4 amide bonds. The second-order valence-electron chi connectivity index (χ2n) is 7.82. The molecule has 2 fully saturated rings. The lowest BCUT2D eigenvalue weighted by Gasteiger charge is -2.30. The van der Waals surface area contributed by atoms with E-state index in [0.29, 0.717) is 12.3 Å². The van der Waals surface area contributed by atoms with Gasteiger partial charge in [0.15, 0.2) is 0 Å².